The van der Waals surface area contributed by atoms with Gasteiger partial charge in [-0.15, -0.1) is 0 Å². The first-order valence-corrected chi connectivity index (χ1v) is 16.1. The number of hydrogen-bond acceptors (Lipinski definition) is 4. The number of allylic oxidation sites excluding steroid dienone is 12. The summed E-state index contributed by atoms with van der Waals surface area (Å²) in [6.45, 7) is 0. The molecule has 0 N–H and O–H groups in total. The van der Waals surface area contributed by atoms with Gasteiger partial charge in [0.2, 0.25) is 0 Å². The second kappa shape index (κ2) is 13.3. The van der Waals surface area contributed by atoms with Crippen LogP contribution in [-0.4, -0.2) is 60.6 Å². The van der Waals surface area contributed by atoms with Crippen LogP contribution in [0.5, 0.6) is 0 Å². The van der Waals surface area contributed by atoms with Crippen LogP contribution in [-0.2, 0) is 0 Å². The zero-order valence-electron chi connectivity index (χ0n) is 28.7. The molecule has 228 valence electrons. The maximum atomic E-state index is 5.56. The van der Waals surface area contributed by atoms with Gasteiger partial charge in [0.05, 0.1) is 45.6 Å². The topological polar surface area (TPSA) is 49.4 Å². The van der Waals surface area contributed by atoms with Crippen LogP contribution in [0.3, 0.4) is 0 Å². The molecule has 5 heterocycles. The molecule has 8 bridgehead atoms. The second-order valence-electron chi connectivity index (χ2n) is 11.9. The zero-order chi connectivity index (χ0) is 31.9. The summed E-state index contributed by atoms with van der Waals surface area (Å²) < 4.78 is 0. The van der Waals surface area contributed by atoms with Gasteiger partial charge in [0.25, 0.3) is 0 Å². The van der Waals surface area contributed by atoms with Crippen molar-refractivity contribution >= 4 is 82.9 Å². The van der Waals surface area contributed by atoms with E-state index in [0.29, 0.717) is 0 Å². The molecule has 0 saturated carbocycles. The van der Waals surface area contributed by atoms with Gasteiger partial charge < -0.3 is 2.85 Å². The van der Waals surface area contributed by atoms with E-state index in [2.05, 4.69) is 133 Å². The number of aliphatic imine (C=N–C) groups is 4. The fourth-order valence-corrected chi connectivity index (χ4v) is 6.63. The summed E-state index contributed by atoms with van der Waals surface area (Å²) in [6.07, 6.45) is 16.5. The fourth-order valence-electron chi connectivity index (χ4n) is 6.63. The summed E-state index contributed by atoms with van der Waals surface area (Å²) in [6, 6.07) is 42.1. The summed E-state index contributed by atoms with van der Waals surface area (Å²) in [7, 11) is 0. The molecule has 9 rings (SSSR count). The Morgan fingerprint density at radius 3 is 1.41 bits per heavy atom. The zero-order valence-corrected chi connectivity index (χ0v) is 28.9. The van der Waals surface area contributed by atoms with E-state index in [9.17, 15) is 0 Å². The maximum Gasteiger partial charge on any atom is 2.00 e. The summed E-state index contributed by atoms with van der Waals surface area (Å²) in [5.74, 6) is 0. The Morgan fingerprint density at radius 2 is 0.837 bits per heavy atom. The van der Waals surface area contributed by atoms with E-state index in [0.717, 1.165) is 90.2 Å². The summed E-state index contributed by atoms with van der Waals surface area (Å²) in [5.41, 5.74) is 15.3. The molecule has 0 atom stereocenters. The molecular formula is C44H30CaN4. The first-order valence-electron chi connectivity index (χ1n) is 16.1. The molecule has 0 aromatic heterocycles. The van der Waals surface area contributed by atoms with Gasteiger partial charge in [-0.2, -0.15) is 0 Å². The van der Waals surface area contributed by atoms with Crippen LogP contribution in [0.2, 0.25) is 0 Å². The SMILES string of the molecule is C1=CC2=NC1=CC1=NC(=C(c3ccccc3)C3=NC(=CC4=NC(=C2)C=C4)C=C3c2ccccc2)C(c2ccccc2)=C1c1ccccc1.[Ca+2].[H-].[H-]. The van der Waals surface area contributed by atoms with Crippen LogP contribution in [0.4, 0.5) is 0 Å². The monoisotopic (exact) mass is 654 g/mol. The minimum absolute atomic E-state index is 0. The summed E-state index contributed by atoms with van der Waals surface area (Å²) in [4.78, 5) is 20.8. The molecular weight excluding hydrogens is 625 g/mol. The van der Waals surface area contributed by atoms with Crippen molar-refractivity contribution in [1.29, 1.82) is 0 Å². The second-order valence-corrected chi connectivity index (χ2v) is 11.9. The van der Waals surface area contributed by atoms with Crippen molar-refractivity contribution in [1.82, 2.24) is 0 Å². The van der Waals surface area contributed by atoms with Crippen LogP contribution in [0.25, 0.3) is 22.3 Å². The van der Waals surface area contributed by atoms with E-state index >= 15 is 0 Å². The number of fused-ring (bicyclic) bond motifs is 4. The molecule has 5 heteroatoms. The molecule has 0 amide bonds. The average Bonchev–Trinajstić information content (AvgIpc) is 3.94. The number of hydrogen-bond donors (Lipinski definition) is 0. The van der Waals surface area contributed by atoms with E-state index in [1.165, 1.54) is 0 Å². The van der Waals surface area contributed by atoms with E-state index in [1.54, 1.807) is 0 Å². The fraction of sp³-hybridized carbons (Fsp3) is 0. The van der Waals surface area contributed by atoms with Gasteiger partial charge in [-0.25, -0.2) is 20.0 Å². The number of benzene rings is 4. The largest absolute Gasteiger partial charge is 2.00 e. The van der Waals surface area contributed by atoms with Gasteiger partial charge in [0.1, 0.15) is 0 Å². The Balaban J connectivity index is 0.00000149. The predicted molar refractivity (Wildman–Crippen MR) is 208 cm³/mol. The molecule has 4 nitrogen and oxygen atoms in total. The van der Waals surface area contributed by atoms with Gasteiger partial charge in [0.15, 0.2) is 0 Å². The molecule has 0 aliphatic carbocycles. The molecule has 0 radical (unpaired) electrons. The number of rotatable bonds is 4. The van der Waals surface area contributed by atoms with Crippen LogP contribution in [0.15, 0.2) is 213 Å². The van der Waals surface area contributed by atoms with Crippen LogP contribution >= 0.6 is 0 Å². The summed E-state index contributed by atoms with van der Waals surface area (Å²) in [5, 5.41) is 0. The Labute approximate surface area is 318 Å². The molecule has 0 fully saturated rings. The van der Waals surface area contributed by atoms with Gasteiger partial charge in [-0.05, 0) is 70.9 Å². The molecule has 5 aliphatic heterocycles. The third kappa shape index (κ3) is 6.00. The first-order chi connectivity index (χ1) is 23.8. The van der Waals surface area contributed by atoms with Crippen LogP contribution in [0, 0.1) is 0 Å². The Kier molecular flexibility index (Phi) is 8.44. The minimum Gasteiger partial charge on any atom is -1.00 e. The van der Waals surface area contributed by atoms with Crippen molar-refractivity contribution in [3.8, 4) is 0 Å². The Morgan fingerprint density at radius 1 is 0.367 bits per heavy atom. The van der Waals surface area contributed by atoms with Gasteiger partial charge in [0, 0.05) is 22.3 Å². The van der Waals surface area contributed by atoms with Crippen molar-refractivity contribution in [2.75, 3.05) is 0 Å². The molecule has 49 heavy (non-hydrogen) atoms. The molecule has 0 spiro atoms. The third-order valence-electron chi connectivity index (χ3n) is 8.75. The van der Waals surface area contributed by atoms with Crippen LogP contribution in [0.1, 0.15) is 25.1 Å². The van der Waals surface area contributed by atoms with Crippen molar-refractivity contribution in [2.24, 2.45) is 20.0 Å². The van der Waals surface area contributed by atoms with Crippen molar-refractivity contribution in [3.63, 3.8) is 0 Å². The van der Waals surface area contributed by atoms with E-state index in [4.69, 9.17) is 20.0 Å². The van der Waals surface area contributed by atoms with E-state index in [-0.39, 0.29) is 40.6 Å². The third-order valence-corrected chi connectivity index (χ3v) is 8.75. The molecule has 5 aliphatic rings. The first kappa shape index (κ1) is 31.0. The van der Waals surface area contributed by atoms with Crippen molar-refractivity contribution < 1.29 is 2.85 Å². The van der Waals surface area contributed by atoms with Gasteiger partial charge in [-0.3, -0.25) is 0 Å². The number of nitrogens with zero attached hydrogens (tertiary/aromatic N) is 4. The maximum absolute atomic E-state index is 5.56. The molecule has 0 unspecified atom stereocenters. The molecule has 0 saturated heterocycles. The van der Waals surface area contributed by atoms with Gasteiger partial charge in [-0.1, -0.05) is 121 Å². The smallest absolute Gasteiger partial charge is 1.00 e. The van der Waals surface area contributed by atoms with E-state index < -0.39 is 0 Å². The van der Waals surface area contributed by atoms with Crippen molar-refractivity contribution in [3.05, 3.63) is 215 Å². The standard InChI is InChI=1S/C44H28N4.Ca.2H/c1-5-13-29(14-6-1)38-27-37-26-35-22-21-33(45-35)25-34-23-24-36(46-34)28-39-40(30-15-7-2-8-16-30)41(31-17-9-3-10-18-31)44(48-39)42(43(38)47-37)32-19-11-4-12-20-32;;;/h1-28H;;;/q;+2;2*-1. The normalized spacial score (nSPS) is 17.5. The summed E-state index contributed by atoms with van der Waals surface area (Å²) >= 11 is 0. The van der Waals surface area contributed by atoms with Crippen molar-refractivity contribution in [2.45, 2.75) is 0 Å². The quantitative estimate of drug-likeness (QED) is 0.197. The van der Waals surface area contributed by atoms with E-state index in [1.807, 2.05) is 36.4 Å². The molecule has 4 aromatic carbocycles. The average molecular weight is 655 g/mol. The predicted octanol–water partition coefficient (Wildman–Crippen LogP) is 9.53. The van der Waals surface area contributed by atoms with Gasteiger partial charge >= 0.3 is 37.7 Å². The molecule has 4 aromatic rings. The van der Waals surface area contributed by atoms with Crippen LogP contribution < -0.4 is 0 Å². The minimum atomic E-state index is 0. The Hall–Kier alpha value is -5.26. The Bertz CT molecular complexity index is 2390.